The molecule has 4 heterocycles. The SMILES string of the molecule is Nc1nnc(N2C[C@@H]3COC[C@H](C2)N(C(=O)Cc2ccc4c(c2)OCO4)C3)s1. The normalized spacial score (nSPS) is 23.6. The highest BCUT2D eigenvalue weighted by molar-refractivity contribution is 7.18. The van der Waals surface area contributed by atoms with Crippen molar-refractivity contribution in [2.45, 2.75) is 12.5 Å². The van der Waals surface area contributed by atoms with E-state index in [2.05, 4.69) is 15.1 Å². The molecule has 3 aliphatic rings. The number of ether oxygens (including phenoxy) is 3. The topological polar surface area (TPSA) is 103 Å². The Balaban J connectivity index is 1.34. The molecule has 2 N–H and O–H groups in total. The van der Waals surface area contributed by atoms with Crippen molar-refractivity contribution in [2.24, 2.45) is 5.92 Å². The second-order valence-electron chi connectivity index (χ2n) is 7.30. The fraction of sp³-hybridized carbons (Fsp3) is 0.500. The van der Waals surface area contributed by atoms with Crippen molar-refractivity contribution in [2.75, 3.05) is 50.3 Å². The van der Waals surface area contributed by atoms with Crippen LogP contribution in [0.5, 0.6) is 11.5 Å². The Hall–Kier alpha value is -2.59. The number of carbonyl (C=O) groups is 1. The largest absolute Gasteiger partial charge is 0.454 e. The molecule has 2 bridgehead atoms. The summed E-state index contributed by atoms with van der Waals surface area (Å²) in [6, 6.07) is 5.63. The van der Waals surface area contributed by atoms with Crippen molar-refractivity contribution in [3.8, 4) is 11.5 Å². The lowest BCUT2D eigenvalue weighted by Gasteiger charge is -2.31. The number of amides is 1. The molecule has 3 aliphatic heterocycles. The maximum absolute atomic E-state index is 13.1. The molecule has 28 heavy (non-hydrogen) atoms. The Bertz CT molecular complexity index is 891. The molecule has 0 aliphatic carbocycles. The standard InChI is InChI=1S/C18H21N5O4S/c19-17-20-21-18(28-17)22-5-12-6-23(13(7-22)9-25-8-12)16(24)4-11-1-2-14-15(3-11)27-10-26-14/h1-3,12-13H,4-10H2,(H2,19,20)/t12-,13-/m0/s1. The lowest BCUT2D eigenvalue weighted by molar-refractivity contribution is -0.132. The smallest absolute Gasteiger partial charge is 0.231 e. The number of rotatable bonds is 3. The molecule has 2 atom stereocenters. The van der Waals surface area contributed by atoms with E-state index in [1.165, 1.54) is 11.3 Å². The number of nitrogens with two attached hydrogens (primary N) is 1. The number of fused-ring (bicyclic) bond motifs is 4. The molecule has 5 rings (SSSR count). The van der Waals surface area contributed by atoms with Gasteiger partial charge in [-0.25, -0.2) is 0 Å². The van der Waals surface area contributed by atoms with Gasteiger partial charge >= 0.3 is 0 Å². The molecule has 0 radical (unpaired) electrons. The van der Waals surface area contributed by atoms with Crippen molar-refractivity contribution < 1.29 is 19.0 Å². The van der Waals surface area contributed by atoms with Crippen LogP contribution in [0.1, 0.15) is 5.56 Å². The fourth-order valence-corrected chi connectivity index (χ4v) is 4.61. The van der Waals surface area contributed by atoms with Crippen LogP contribution >= 0.6 is 11.3 Å². The van der Waals surface area contributed by atoms with Gasteiger partial charge in [0.15, 0.2) is 11.5 Å². The number of nitrogens with zero attached hydrogens (tertiary/aromatic N) is 4. The van der Waals surface area contributed by atoms with Gasteiger partial charge in [-0.2, -0.15) is 0 Å². The van der Waals surface area contributed by atoms with Gasteiger partial charge in [-0.05, 0) is 17.7 Å². The number of hydrogen-bond donors (Lipinski definition) is 1. The summed E-state index contributed by atoms with van der Waals surface area (Å²) in [5, 5.41) is 9.36. The average Bonchev–Trinajstić information content (AvgIpc) is 3.20. The van der Waals surface area contributed by atoms with Gasteiger partial charge in [0, 0.05) is 25.6 Å². The predicted octanol–water partition coefficient (Wildman–Crippen LogP) is 0.755. The van der Waals surface area contributed by atoms with E-state index in [1.807, 2.05) is 23.1 Å². The molecule has 1 aromatic heterocycles. The zero-order valence-corrected chi connectivity index (χ0v) is 16.1. The average molecular weight is 403 g/mol. The van der Waals surface area contributed by atoms with Crippen LogP contribution in [0.25, 0.3) is 0 Å². The summed E-state index contributed by atoms with van der Waals surface area (Å²) in [6.07, 6.45) is 0.325. The first-order valence-corrected chi connectivity index (χ1v) is 10.1. The zero-order valence-electron chi connectivity index (χ0n) is 15.2. The molecule has 2 aromatic rings. The molecule has 9 nitrogen and oxygen atoms in total. The van der Waals surface area contributed by atoms with Crippen LogP contribution in [0, 0.1) is 5.92 Å². The van der Waals surface area contributed by atoms with E-state index < -0.39 is 0 Å². The second-order valence-corrected chi connectivity index (χ2v) is 8.28. The molecular formula is C18H21N5O4S. The number of aromatic nitrogens is 2. The monoisotopic (exact) mass is 403 g/mol. The Labute approximate surface area is 166 Å². The quantitative estimate of drug-likeness (QED) is 0.801. The molecule has 1 aromatic carbocycles. The number of carbonyl (C=O) groups excluding carboxylic acids is 1. The summed E-state index contributed by atoms with van der Waals surface area (Å²) >= 11 is 1.38. The minimum absolute atomic E-state index is 0.0286. The molecule has 1 amide bonds. The van der Waals surface area contributed by atoms with E-state index in [9.17, 15) is 4.79 Å². The van der Waals surface area contributed by atoms with Crippen LogP contribution in [0.15, 0.2) is 18.2 Å². The molecular weight excluding hydrogens is 382 g/mol. The van der Waals surface area contributed by atoms with Crippen molar-refractivity contribution in [1.82, 2.24) is 15.1 Å². The lowest BCUT2D eigenvalue weighted by atomic mass is 10.1. The maximum atomic E-state index is 13.1. The van der Waals surface area contributed by atoms with Crippen molar-refractivity contribution in [3.05, 3.63) is 23.8 Å². The van der Waals surface area contributed by atoms with E-state index in [-0.39, 0.29) is 24.7 Å². The first-order chi connectivity index (χ1) is 13.7. The lowest BCUT2D eigenvalue weighted by Crippen LogP contribution is -2.47. The van der Waals surface area contributed by atoms with Gasteiger partial charge in [0.05, 0.1) is 25.7 Å². The Morgan fingerprint density at radius 2 is 2.07 bits per heavy atom. The van der Waals surface area contributed by atoms with Gasteiger partial charge in [0.2, 0.25) is 23.0 Å². The minimum Gasteiger partial charge on any atom is -0.454 e. The zero-order chi connectivity index (χ0) is 19.1. The fourth-order valence-electron chi connectivity index (χ4n) is 3.99. The highest BCUT2D eigenvalue weighted by atomic mass is 32.1. The maximum Gasteiger partial charge on any atom is 0.231 e. The summed E-state index contributed by atoms with van der Waals surface area (Å²) in [6.45, 7) is 3.50. The summed E-state index contributed by atoms with van der Waals surface area (Å²) < 4.78 is 16.6. The van der Waals surface area contributed by atoms with Gasteiger partial charge in [-0.3, -0.25) is 4.79 Å². The molecule has 0 spiro atoms. The number of hydrogen-bond acceptors (Lipinski definition) is 9. The third-order valence-electron chi connectivity index (χ3n) is 5.28. The van der Waals surface area contributed by atoms with Crippen LogP contribution in [-0.4, -0.2) is 66.7 Å². The van der Waals surface area contributed by atoms with Crippen molar-refractivity contribution >= 4 is 27.5 Å². The van der Waals surface area contributed by atoms with Crippen molar-refractivity contribution in [3.63, 3.8) is 0 Å². The predicted molar refractivity (Wildman–Crippen MR) is 103 cm³/mol. The Kier molecular flexibility index (Phi) is 4.44. The van der Waals surface area contributed by atoms with Gasteiger partial charge in [0.1, 0.15) is 0 Å². The van der Waals surface area contributed by atoms with Crippen LogP contribution < -0.4 is 20.1 Å². The van der Waals surface area contributed by atoms with Gasteiger partial charge in [-0.1, -0.05) is 17.4 Å². The molecule has 2 fully saturated rings. The van der Waals surface area contributed by atoms with Crippen LogP contribution in [-0.2, 0) is 16.0 Å². The molecule has 0 saturated carbocycles. The highest BCUT2D eigenvalue weighted by Gasteiger charge is 2.36. The minimum atomic E-state index is -0.0286. The number of nitrogen functional groups attached to an aromatic ring is 1. The highest BCUT2D eigenvalue weighted by Crippen LogP contribution is 2.33. The first-order valence-electron chi connectivity index (χ1n) is 9.25. The third kappa shape index (κ3) is 3.33. The van der Waals surface area contributed by atoms with Crippen LogP contribution in [0.2, 0.25) is 0 Å². The second kappa shape index (κ2) is 7.10. The summed E-state index contributed by atoms with van der Waals surface area (Å²) in [5.74, 6) is 1.74. The number of anilines is 2. The summed E-state index contributed by atoms with van der Waals surface area (Å²) in [4.78, 5) is 17.3. The molecule has 10 heteroatoms. The molecule has 2 saturated heterocycles. The first kappa shape index (κ1) is 17.5. The van der Waals surface area contributed by atoms with E-state index in [0.717, 1.165) is 23.0 Å². The van der Waals surface area contributed by atoms with Gasteiger partial charge in [-0.15, -0.1) is 10.2 Å². The summed E-state index contributed by atoms with van der Waals surface area (Å²) in [5.41, 5.74) is 6.67. The van der Waals surface area contributed by atoms with Crippen LogP contribution in [0.4, 0.5) is 10.3 Å². The third-order valence-corrected chi connectivity index (χ3v) is 6.10. The van der Waals surface area contributed by atoms with Gasteiger partial charge in [0.25, 0.3) is 0 Å². The summed E-state index contributed by atoms with van der Waals surface area (Å²) in [7, 11) is 0. The number of benzene rings is 1. The van der Waals surface area contributed by atoms with E-state index in [1.54, 1.807) is 0 Å². The van der Waals surface area contributed by atoms with E-state index >= 15 is 0 Å². The van der Waals surface area contributed by atoms with Crippen LogP contribution in [0.3, 0.4) is 0 Å². The van der Waals surface area contributed by atoms with E-state index in [0.29, 0.717) is 43.6 Å². The van der Waals surface area contributed by atoms with E-state index in [4.69, 9.17) is 19.9 Å². The Morgan fingerprint density at radius 1 is 1.18 bits per heavy atom. The molecule has 0 unspecified atom stereocenters. The Morgan fingerprint density at radius 3 is 2.93 bits per heavy atom. The molecule has 148 valence electrons. The van der Waals surface area contributed by atoms with Gasteiger partial charge < -0.3 is 29.7 Å². The van der Waals surface area contributed by atoms with Crippen molar-refractivity contribution in [1.29, 1.82) is 0 Å².